The highest BCUT2D eigenvalue weighted by Gasteiger charge is 2.44. The molecule has 2 aliphatic heterocycles. The Kier molecular flexibility index (Phi) is 2.97. The Morgan fingerprint density at radius 1 is 1.06 bits per heavy atom. The molecule has 0 spiro atoms. The predicted octanol–water partition coefficient (Wildman–Crippen LogP) is 3.21. The van der Waals surface area contributed by atoms with E-state index < -0.39 is 0 Å². The summed E-state index contributed by atoms with van der Waals surface area (Å²) in [6.45, 7) is 5.27. The van der Waals surface area contributed by atoms with E-state index in [9.17, 15) is 0 Å². The van der Waals surface area contributed by atoms with Gasteiger partial charge in [-0.1, -0.05) is 13.8 Å². The normalized spacial score (nSPS) is 46.3. The van der Waals surface area contributed by atoms with Crippen LogP contribution < -0.4 is 0 Å². The van der Waals surface area contributed by atoms with Gasteiger partial charge in [0.25, 0.3) is 0 Å². The van der Waals surface area contributed by atoms with E-state index in [1.807, 2.05) is 0 Å². The zero-order valence-corrected chi connectivity index (χ0v) is 10.5. The van der Waals surface area contributed by atoms with E-state index in [0.717, 1.165) is 18.4 Å². The monoisotopic (exact) mass is 224 g/mol. The molecule has 3 atom stereocenters. The number of hydrogen-bond donors (Lipinski definition) is 0. The van der Waals surface area contributed by atoms with E-state index >= 15 is 0 Å². The Hall–Kier alpha value is -0.0800. The van der Waals surface area contributed by atoms with E-state index in [1.165, 1.54) is 32.1 Å². The van der Waals surface area contributed by atoms with Gasteiger partial charge in [-0.25, -0.2) is 0 Å². The molecule has 16 heavy (non-hydrogen) atoms. The largest absolute Gasteiger partial charge is 0.352 e. The molecule has 2 heterocycles. The third-order valence-corrected chi connectivity index (χ3v) is 4.44. The van der Waals surface area contributed by atoms with Gasteiger partial charge in [-0.15, -0.1) is 0 Å². The van der Waals surface area contributed by atoms with Crippen LogP contribution in [0.4, 0.5) is 0 Å². The summed E-state index contributed by atoms with van der Waals surface area (Å²) in [6, 6.07) is 0. The van der Waals surface area contributed by atoms with Crippen LogP contribution >= 0.6 is 0 Å². The summed E-state index contributed by atoms with van der Waals surface area (Å²) in [7, 11) is 0. The first-order valence-electron chi connectivity index (χ1n) is 6.97. The maximum atomic E-state index is 6.16. The highest BCUT2D eigenvalue weighted by atomic mass is 16.7. The Balaban J connectivity index is 1.67. The summed E-state index contributed by atoms with van der Waals surface area (Å²) in [5, 5.41) is 0. The molecular formula is C14H24O2. The summed E-state index contributed by atoms with van der Waals surface area (Å²) in [4.78, 5) is 0. The molecule has 2 heteroatoms. The zero-order chi connectivity index (χ0) is 11.1. The lowest BCUT2D eigenvalue weighted by molar-refractivity contribution is -0.189. The number of ether oxygens (including phenoxy) is 2. The van der Waals surface area contributed by atoms with E-state index in [-0.39, 0.29) is 6.29 Å². The van der Waals surface area contributed by atoms with Gasteiger partial charge in [0.1, 0.15) is 0 Å². The van der Waals surface area contributed by atoms with Crippen LogP contribution in [0, 0.1) is 23.7 Å². The minimum atomic E-state index is 0.114. The van der Waals surface area contributed by atoms with Crippen molar-refractivity contribution in [3.63, 3.8) is 0 Å². The van der Waals surface area contributed by atoms with Gasteiger partial charge in [-0.3, -0.25) is 0 Å². The van der Waals surface area contributed by atoms with Gasteiger partial charge in [0, 0.05) is 5.92 Å². The van der Waals surface area contributed by atoms with Crippen molar-refractivity contribution < 1.29 is 9.47 Å². The molecule has 4 bridgehead atoms. The molecule has 0 aromatic heterocycles. The van der Waals surface area contributed by atoms with Gasteiger partial charge in [0.15, 0.2) is 6.29 Å². The topological polar surface area (TPSA) is 18.5 Å². The van der Waals surface area contributed by atoms with Crippen LogP contribution in [0.1, 0.15) is 46.0 Å². The molecule has 2 saturated heterocycles. The van der Waals surface area contributed by atoms with E-state index in [1.54, 1.807) is 0 Å². The number of hydrogen-bond acceptors (Lipinski definition) is 2. The summed E-state index contributed by atoms with van der Waals surface area (Å²) >= 11 is 0. The summed E-state index contributed by atoms with van der Waals surface area (Å²) in [5.74, 6) is 3.18. The number of rotatable bonds is 3. The first-order valence-corrected chi connectivity index (χ1v) is 6.97. The van der Waals surface area contributed by atoms with Crippen LogP contribution in [0.25, 0.3) is 0 Å². The molecule has 2 nitrogen and oxygen atoms in total. The van der Waals surface area contributed by atoms with E-state index in [4.69, 9.17) is 9.47 Å². The fourth-order valence-corrected chi connectivity index (χ4v) is 3.94. The standard InChI is InChI=1S/C14H24O2/c1-9(2)8-15-14-12-4-10-3-11(5-12)7-13(6-10)16-14/h9-14H,3-8H2,1-2H3. The van der Waals surface area contributed by atoms with Crippen molar-refractivity contribution in [1.29, 1.82) is 0 Å². The Morgan fingerprint density at radius 3 is 2.38 bits per heavy atom. The Labute approximate surface area is 98.7 Å². The third-order valence-electron chi connectivity index (χ3n) is 4.44. The van der Waals surface area contributed by atoms with E-state index in [0.29, 0.717) is 17.9 Å². The first-order chi connectivity index (χ1) is 7.70. The van der Waals surface area contributed by atoms with E-state index in [2.05, 4.69) is 13.8 Å². The molecule has 92 valence electrons. The number of fused-ring (bicyclic) bond motifs is 1. The lowest BCUT2D eigenvalue weighted by Gasteiger charge is -2.37. The quantitative estimate of drug-likeness (QED) is 0.733. The molecular weight excluding hydrogens is 200 g/mol. The molecule has 0 radical (unpaired) electrons. The van der Waals surface area contributed by atoms with Crippen LogP contribution in [-0.2, 0) is 9.47 Å². The molecule has 0 aromatic rings. The highest BCUT2D eigenvalue weighted by Crippen LogP contribution is 2.48. The molecule has 3 unspecified atom stereocenters. The molecule has 4 fully saturated rings. The molecule has 4 rings (SSSR count). The minimum absolute atomic E-state index is 0.114. The SMILES string of the molecule is CC(C)COC1OC2CC3CC(C2)CC1C3. The maximum absolute atomic E-state index is 6.16. The second-order valence-corrected chi connectivity index (χ2v) is 6.52. The highest BCUT2D eigenvalue weighted by molar-refractivity contribution is 4.91. The molecule has 2 aliphatic carbocycles. The van der Waals surface area contributed by atoms with Crippen molar-refractivity contribution in [2.24, 2.45) is 23.7 Å². The Morgan fingerprint density at radius 2 is 1.75 bits per heavy atom. The van der Waals surface area contributed by atoms with Crippen molar-refractivity contribution >= 4 is 0 Å². The van der Waals surface area contributed by atoms with Crippen LogP contribution in [0.2, 0.25) is 0 Å². The fraction of sp³-hybridized carbons (Fsp3) is 1.00. The van der Waals surface area contributed by atoms with Gasteiger partial charge < -0.3 is 9.47 Å². The second kappa shape index (κ2) is 4.30. The van der Waals surface area contributed by atoms with Crippen LogP contribution in [0.5, 0.6) is 0 Å². The molecule has 4 aliphatic rings. The van der Waals surface area contributed by atoms with Crippen LogP contribution in [0.15, 0.2) is 0 Å². The predicted molar refractivity (Wildman–Crippen MR) is 63.0 cm³/mol. The summed E-state index contributed by atoms with van der Waals surface area (Å²) in [5.41, 5.74) is 0. The van der Waals surface area contributed by atoms with Gasteiger partial charge in [-0.2, -0.15) is 0 Å². The van der Waals surface area contributed by atoms with Gasteiger partial charge in [0.05, 0.1) is 12.7 Å². The molecule has 0 amide bonds. The average Bonchev–Trinajstić information content (AvgIpc) is 2.39. The molecule has 0 N–H and O–H groups in total. The third kappa shape index (κ3) is 2.14. The van der Waals surface area contributed by atoms with Crippen molar-refractivity contribution in [3.05, 3.63) is 0 Å². The van der Waals surface area contributed by atoms with Crippen molar-refractivity contribution in [2.45, 2.75) is 58.3 Å². The van der Waals surface area contributed by atoms with Gasteiger partial charge in [0.2, 0.25) is 0 Å². The molecule has 2 saturated carbocycles. The van der Waals surface area contributed by atoms with Gasteiger partial charge in [-0.05, 0) is 49.9 Å². The lowest BCUT2D eigenvalue weighted by Crippen LogP contribution is -2.31. The fourth-order valence-electron chi connectivity index (χ4n) is 3.94. The smallest absolute Gasteiger partial charge is 0.160 e. The van der Waals surface area contributed by atoms with Gasteiger partial charge >= 0.3 is 0 Å². The maximum Gasteiger partial charge on any atom is 0.160 e. The summed E-state index contributed by atoms with van der Waals surface area (Å²) < 4.78 is 12.1. The van der Waals surface area contributed by atoms with Crippen molar-refractivity contribution in [2.75, 3.05) is 6.61 Å². The summed E-state index contributed by atoms with van der Waals surface area (Å²) in [6.07, 6.45) is 7.40. The van der Waals surface area contributed by atoms with Crippen molar-refractivity contribution in [3.8, 4) is 0 Å². The zero-order valence-electron chi connectivity index (χ0n) is 10.5. The minimum Gasteiger partial charge on any atom is -0.352 e. The van der Waals surface area contributed by atoms with Crippen molar-refractivity contribution in [1.82, 2.24) is 0 Å². The van der Waals surface area contributed by atoms with Crippen LogP contribution in [0.3, 0.4) is 0 Å². The molecule has 0 aromatic carbocycles. The Bertz CT molecular complexity index is 237. The lowest BCUT2D eigenvalue weighted by atomic mass is 9.68. The average molecular weight is 224 g/mol. The van der Waals surface area contributed by atoms with Crippen LogP contribution in [-0.4, -0.2) is 19.0 Å². The second-order valence-electron chi connectivity index (χ2n) is 6.52. The first kappa shape index (κ1) is 11.0.